The van der Waals surface area contributed by atoms with E-state index in [-0.39, 0.29) is 30.8 Å². The monoisotopic (exact) mass is 313 g/mol. The molecule has 1 atom stereocenters. The van der Waals surface area contributed by atoms with Crippen LogP contribution in [0.2, 0.25) is 0 Å². The quantitative estimate of drug-likeness (QED) is 0.802. The van der Waals surface area contributed by atoms with Crippen molar-refractivity contribution in [1.82, 2.24) is 9.55 Å². The molecule has 1 aliphatic heterocycles. The van der Waals surface area contributed by atoms with Crippen LogP contribution in [0.3, 0.4) is 0 Å². The number of aromatic nitrogens is 2. The van der Waals surface area contributed by atoms with Crippen LogP contribution in [0.4, 0.5) is 5.69 Å². The summed E-state index contributed by atoms with van der Waals surface area (Å²) < 4.78 is 6.60. The molecule has 1 amide bonds. The average molecular weight is 313 g/mol. The van der Waals surface area contributed by atoms with Gasteiger partial charge in [0.1, 0.15) is 0 Å². The van der Waals surface area contributed by atoms with E-state index in [1.165, 1.54) is 7.11 Å². The number of hydrogen-bond acceptors (Lipinski definition) is 4. The van der Waals surface area contributed by atoms with Gasteiger partial charge in [-0.2, -0.15) is 0 Å². The molecule has 3 rings (SSSR count). The van der Waals surface area contributed by atoms with Gasteiger partial charge in [0.25, 0.3) is 0 Å². The molecule has 0 radical (unpaired) electrons. The van der Waals surface area contributed by atoms with E-state index in [2.05, 4.69) is 4.98 Å². The molecule has 6 heteroatoms. The fraction of sp³-hybridized carbons (Fsp3) is 0.353. The Balaban J connectivity index is 1.87. The molecule has 23 heavy (non-hydrogen) atoms. The van der Waals surface area contributed by atoms with E-state index in [4.69, 9.17) is 4.74 Å². The van der Waals surface area contributed by atoms with E-state index in [1.54, 1.807) is 17.4 Å². The Morgan fingerprint density at radius 2 is 2.13 bits per heavy atom. The van der Waals surface area contributed by atoms with Crippen LogP contribution in [0, 0.1) is 0 Å². The van der Waals surface area contributed by atoms with E-state index < -0.39 is 0 Å². The van der Waals surface area contributed by atoms with Crippen molar-refractivity contribution in [3.63, 3.8) is 0 Å². The Labute approximate surface area is 134 Å². The Hall–Kier alpha value is -2.63. The van der Waals surface area contributed by atoms with Crippen LogP contribution in [0.25, 0.3) is 0 Å². The molecule has 0 saturated heterocycles. The molecule has 0 bridgehead atoms. The third kappa shape index (κ3) is 2.97. The average Bonchev–Trinajstić information content (AvgIpc) is 3.10. The van der Waals surface area contributed by atoms with Gasteiger partial charge in [-0.3, -0.25) is 9.59 Å². The van der Waals surface area contributed by atoms with Crippen molar-refractivity contribution in [2.24, 2.45) is 7.05 Å². The van der Waals surface area contributed by atoms with Crippen LogP contribution in [0.15, 0.2) is 36.8 Å². The van der Waals surface area contributed by atoms with Gasteiger partial charge in [0.15, 0.2) is 0 Å². The fourth-order valence-electron chi connectivity index (χ4n) is 3.03. The van der Waals surface area contributed by atoms with Crippen molar-refractivity contribution in [3.8, 4) is 0 Å². The van der Waals surface area contributed by atoms with Gasteiger partial charge in [0, 0.05) is 24.6 Å². The molecule has 0 N–H and O–H groups in total. The Morgan fingerprint density at radius 3 is 2.83 bits per heavy atom. The highest BCUT2D eigenvalue weighted by molar-refractivity contribution is 5.98. The van der Waals surface area contributed by atoms with E-state index in [0.29, 0.717) is 6.42 Å². The molecular weight excluding hydrogens is 294 g/mol. The normalized spacial score (nSPS) is 16.3. The zero-order valence-corrected chi connectivity index (χ0v) is 13.2. The summed E-state index contributed by atoms with van der Waals surface area (Å²) in [5.74, 6) is -0.339. The van der Waals surface area contributed by atoms with Gasteiger partial charge >= 0.3 is 5.97 Å². The van der Waals surface area contributed by atoms with Crippen LogP contribution < -0.4 is 4.90 Å². The number of fused-ring (bicyclic) bond motifs is 1. The molecule has 0 spiro atoms. The maximum absolute atomic E-state index is 12.8. The van der Waals surface area contributed by atoms with Gasteiger partial charge in [-0.05, 0) is 18.1 Å². The first-order chi connectivity index (χ1) is 11.1. The molecule has 120 valence electrons. The smallest absolute Gasteiger partial charge is 0.307 e. The fourth-order valence-corrected chi connectivity index (χ4v) is 3.03. The van der Waals surface area contributed by atoms with Crippen molar-refractivity contribution < 1.29 is 14.3 Å². The second-order valence-corrected chi connectivity index (χ2v) is 5.70. The number of esters is 1. The number of benzene rings is 1. The molecule has 0 aliphatic carbocycles. The van der Waals surface area contributed by atoms with Crippen LogP contribution in [0.1, 0.15) is 17.7 Å². The number of rotatable bonds is 4. The van der Waals surface area contributed by atoms with Crippen molar-refractivity contribution in [3.05, 3.63) is 48.0 Å². The molecule has 1 aromatic carbocycles. The number of imidazole rings is 1. The summed E-state index contributed by atoms with van der Waals surface area (Å²) in [6.07, 6.45) is 4.48. The summed E-state index contributed by atoms with van der Waals surface area (Å²) in [6.45, 7) is 0. The predicted octanol–water partition coefficient (Wildman–Crippen LogP) is 1.48. The lowest BCUT2D eigenvalue weighted by atomic mass is 10.1. The number of carbonyl (C=O) groups excluding carboxylic acids is 2. The van der Waals surface area contributed by atoms with Gasteiger partial charge in [-0.25, -0.2) is 4.98 Å². The summed E-state index contributed by atoms with van der Waals surface area (Å²) in [5.41, 5.74) is 2.81. The molecule has 0 unspecified atom stereocenters. The largest absolute Gasteiger partial charge is 0.469 e. The van der Waals surface area contributed by atoms with E-state index in [9.17, 15) is 9.59 Å². The number of ether oxygens (including phenoxy) is 1. The molecule has 1 aliphatic rings. The number of anilines is 1. The van der Waals surface area contributed by atoms with Crippen molar-refractivity contribution in [2.45, 2.75) is 25.3 Å². The lowest BCUT2D eigenvalue weighted by Crippen LogP contribution is -2.40. The highest BCUT2D eigenvalue weighted by Crippen LogP contribution is 2.34. The van der Waals surface area contributed by atoms with Crippen LogP contribution >= 0.6 is 0 Å². The Bertz CT molecular complexity index is 738. The van der Waals surface area contributed by atoms with Gasteiger partial charge < -0.3 is 14.2 Å². The minimum Gasteiger partial charge on any atom is -0.469 e. The molecule has 0 saturated carbocycles. The second-order valence-electron chi connectivity index (χ2n) is 5.70. The number of nitrogens with zero attached hydrogens (tertiary/aromatic N) is 3. The zero-order valence-electron chi connectivity index (χ0n) is 13.2. The zero-order chi connectivity index (χ0) is 16.4. The van der Waals surface area contributed by atoms with Crippen LogP contribution in [0.5, 0.6) is 0 Å². The lowest BCUT2D eigenvalue weighted by molar-refractivity contribution is -0.141. The molecule has 6 nitrogen and oxygen atoms in total. The summed E-state index contributed by atoms with van der Waals surface area (Å²) in [4.78, 5) is 30.3. The SMILES string of the molecule is COC(=O)C[C@H]1Cc2ccccc2N1C(=O)Cc1cncn1C. The summed E-state index contributed by atoms with van der Waals surface area (Å²) in [5, 5.41) is 0. The minimum atomic E-state index is -0.305. The highest BCUT2D eigenvalue weighted by Gasteiger charge is 2.35. The summed E-state index contributed by atoms with van der Waals surface area (Å²) in [7, 11) is 3.23. The van der Waals surface area contributed by atoms with Gasteiger partial charge in [0.2, 0.25) is 5.91 Å². The van der Waals surface area contributed by atoms with E-state index >= 15 is 0 Å². The number of para-hydroxylation sites is 1. The number of hydrogen-bond donors (Lipinski definition) is 0. The molecule has 0 fully saturated rings. The molecular formula is C17H19N3O3. The van der Waals surface area contributed by atoms with Gasteiger partial charge in [-0.15, -0.1) is 0 Å². The number of aryl methyl sites for hydroxylation is 1. The van der Waals surface area contributed by atoms with Crippen LogP contribution in [-0.4, -0.2) is 34.6 Å². The summed E-state index contributed by atoms with van der Waals surface area (Å²) >= 11 is 0. The number of methoxy groups -OCH3 is 1. The van der Waals surface area contributed by atoms with Crippen molar-refractivity contribution in [1.29, 1.82) is 0 Å². The Morgan fingerprint density at radius 1 is 1.35 bits per heavy atom. The predicted molar refractivity (Wildman–Crippen MR) is 85.0 cm³/mol. The highest BCUT2D eigenvalue weighted by atomic mass is 16.5. The lowest BCUT2D eigenvalue weighted by Gasteiger charge is -2.25. The van der Waals surface area contributed by atoms with Crippen molar-refractivity contribution >= 4 is 17.6 Å². The maximum Gasteiger partial charge on any atom is 0.307 e. The van der Waals surface area contributed by atoms with Gasteiger partial charge in [0.05, 0.1) is 32.3 Å². The van der Waals surface area contributed by atoms with Crippen LogP contribution in [-0.2, 0) is 34.2 Å². The van der Waals surface area contributed by atoms with E-state index in [0.717, 1.165) is 16.9 Å². The minimum absolute atomic E-state index is 0.0348. The Kier molecular flexibility index (Phi) is 4.14. The van der Waals surface area contributed by atoms with E-state index in [1.807, 2.05) is 35.9 Å². The third-order valence-corrected chi connectivity index (χ3v) is 4.22. The molecule has 1 aromatic heterocycles. The molecule has 2 heterocycles. The second kappa shape index (κ2) is 6.24. The topological polar surface area (TPSA) is 64.4 Å². The first kappa shape index (κ1) is 15.3. The maximum atomic E-state index is 12.8. The van der Waals surface area contributed by atoms with Gasteiger partial charge in [-0.1, -0.05) is 18.2 Å². The number of carbonyl (C=O) groups is 2. The first-order valence-electron chi connectivity index (χ1n) is 7.52. The third-order valence-electron chi connectivity index (χ3n) is 4.22. The number of amides is 1. The summed E-state index contributed by atoms with van der Waals surface area (Å²) in [6, 6.07) is 7.58. The standard InChI is InChI=1S/C17H19N3O3/c1-19-11-18-10-14(19)8-16(21)20-13(9-17(22)23-2)7-12-5-3-4-6-15(12)20/h3-6,10-11,13H,7-9H2,1-2H3/t13-/m1/s1. The molecule has 2 aromatic rings. The van der Waals surface area contributed by atoms with Crippen molar-refractivity contribution in [2.75, 3.05) is 12.0 Å². The first-order valence-corrected chi connectivity index (χ1v) is 7.52.